The third-order valence-corrected chi connectivity index (χ3v) is 12.1. The van der Waals surface area contributed by atoms with Gasteiger partial charge >= 0.3 is 0 Å². The Hall–Kier alpha value is -1.92. The van der Waals surface area contributed by atoms with E-state index in [2.05, 4.69) is 39.2 Å². The zero-order valence-electron chi connectivity index (χ0n) is 19.0. The van der Waals surface area contributed by atoms with Crippen LogP contribution in [0.1, 0.15) is 20.8 Å². The van der Waals surface area contributed by atoms with Gasteiger partial charge in [-0.25, -0.2) is 13.6 Å². The minimum atomic E-state index is -4.05. The summed E-state index contributed by atoms with van der Waals surface area (Å²) in [6, 6.07) is 13.2. The summed E-state index contributed by atoms with van der Waals surface area (Å²) in [4.78, 5) is 11.8. The van der Waals surface area contributed by atoms with Crippen molar-refractivity contribution in [3.8, 4) is 0 Å². The van der Waals surface area contributed by atoms with Crippen LogP contribution in [0.15, 0.2) is 58.3 Å². The normalized spacial score (nSPS) is 13.6. The molecule has 0 saturated heterocycles. The van der Waals surface area contributed by atoms with Crippen molar-refractivity contribution in [1.29, 1.82) is 0 Å². The first-order valence-corrected chi connectivity index (χ1v) is 15.5. The number of primary sulfonamides is 1. The molecule has 0 aliphatic heterocycles. The average Bonchev–Trinajstić information content (AvgIpc) is 2.69. The first kappa shape index (κ1) is 26.3. The van der Waals surface area contributed by atoms with Crippen LogP contribution < -0.4 is 10.5 Å². The Kier molecular flexibility index (Phi) is 8.51. The minimum Gasteiger partial charge on any atom is -0.415 e. The maximum absolute atomic E-state index is 11.6. The molecule has 0 aromatic heterocycles. The lowest BCUT2D eigenvalue weighted by atomic mass is 10.2. The van der Waals surface area contributed by atoms with Crippen molar-refractivity contribution < 1.29 is 17.8 Å². The fourth-order valence-corrected chi connectivity index (χ4v) is 5.06. The molecule has 0 aliphatic rings. The maximum Gasteiger partial charge on any atom is 0.293 e. The number of nitrogens with one attached hydrogen (secondary N) is 1. The highest BCUT2D eigenvalue weighted by molar-refractivity contribution is 7.99. The third kappa shape index (κ3) is 7.31. The summed E-state index contributed by atoms with van der Waals surface area (Å²) in [5.74, 6) is 0.604. The monoisotopic (exact) mass is 497 g/mol. The molecule has 0 spiro atoms. The largest absolute Gasteiger partial charge is 0.415 e. The molecule has 2 rings (SSSR count). The fourth-order valence-electron chi connectivity index (χ4n) is 2.55. The highest BCUT2D eigenvalue weighted by Crippen LogP contribution is 2.37. The van der Waals surface area contributed by atoms with Gasteiger partial charge in [0.05, 0.1) is 22.5 Å². The van der Waals surface area contributed by atoms with E-state index in [1.54, 1.807) is 11.8 Å². The van der Waals surface area contributed by atoms with Crippen molar-refractivity contribution >= 4 is 41.5 Å². The van der Waals surface area contributed by atoms with Crippen molar-refractivity contribution in [3.05, 3.63) is 58.6 Å². The van der Waals surface area contributed by atoms with Gasteiger partial charge in [-0.05, 0) is 42.4 Å². The Bertz CT molecular complexity index is 1040. The molecule has 1 atom stereocenters. The van der Waals surface area contributed by atoms with Crippen LogP contribution in [0.4, 0.5) is 11.4 Å². The Morgan fingerprint density at radius 1 is 1.19 bits per heavy atom. The van der Waals surface area contributed by atoms with Crippen LogP contribution in [0, 0.1) is 10.1 Å². The number of nitro groups is 1. The Labute approximate surface area is 195 Å². The molecule has 0 heterocycles. The van der Waals surface area contributed by atoms with E-state index in [9.17, 15) is 18.5 Å². The van der Waals surface area contributed by atoms with Crippen LogP contribution in [-0.4, -0.2) is 40.1 Å². The number of nitrogens with zero attached hydrogens (tertiary/aromatic N) is 1. The predicted molar refractivity (Wildman–Crippen MR) is 132 cm³/mol. The van der Waals surface area contributed by atoms with Gasteiger partial charge in [0.2, 0.25) is 10.0 Å². The first-order chi connectivity index (χ1) is 14.7. The molecule has 176 valence electrons. The van der Waals surface area contributed by atoms with Crippen LogP contribution in [0.3, 0.4) is 0 Å². The second kappa shape index (κ2) is 10.3. The van der Waals surface area contributed by atoms with Gasteiger partial charge in [0, 0.05) is 16.7 Å². The van der Waals surface area contributed by atoms with Crippen LogP contribution in [-0.2, 0) is 14.4 Å². The van der Waals surface area contributed by atoms with Crippen LogP contribution in [0.2, 0.25) is 18.1 Å². The summed E-state index contributed by atoms with van der Waals surface area (Å²) in [7, 11) is -6.09. The number of hydrogen-bond acceptors (Lipinski definition) is 7. The summed E-state index contributed by atoms with van der Waals surface area (Å²) in [5, 5.41) is 20.0. The number of nitro benzene ring substituents is 1. The molecule has 0 bridgehead atoms. The molecule has 3 N–H and O–H groups in total. The summed E-state index contributed by atoms with van der Waals surface area (Å²) in [6.07, 6.45) is 0. The fraction of sp³-hybridized carbons (Fsp3) is 0.429. The topological polar surface area (TPSA) is 125 Å². The SMILES string of the molecule is CC(C)(C)[Si](C)(C)OC[C@H](CSc1ccccc1)Nc1ccc(S(N)(=O)=O)cc1[N+](=O)[O-]. The van der Waals surface area contributed by atoms with Crippen LogP contribution in [0.25, 0.3) is 0 Å². The van der Waals surface area contributed by atoms with Crippen molar-refractivity contribution in [2.24, 2.45) is 5.14 Å². The molecular weight excluding hydrogens is 466 g/mol. The van der Waals surface area contributed by atoms with Crippen LogP contribution in [0.5, 0.6) is 0 Å². The Balaban J connectivity index is 2.29. The maximum atomic E-state index is 11.6. The lowest BCUT2D eigenvalue weighted by molar-refractivity contribution is -0.384. The molecule has 2 aromatic carbocycles. The van der Waals surface area contributed by atoms with Gasteiger partial charge in [0.15, 0.2) is 8.32 Å². The van der Waals surface area contributed by atoms with E-state index < -0.39 is 23.3 Å². The molecule has 0 aliphatic carbocycles. The molecular formula is C21H31N3O5S2Si. The van der Waals surface area contributed by atoms with E-state index >= 15 is 0 Å². The predicted octanol–water partition coefficient (Wildman–Crippen LogP) is 4.84. The zero-order valence-corrected chi connectivity index (χ0v) is 21.6. The number of sulfonamides is 1. The highest BCUT2D eigenvalue weighted by Gasteiger charge is 2.37. The molecule has 0 fully saturated rings. The second-order valence-electron chi connectivity index (χ2n) is 9.02. The van der Waals surface area contributed by atoms with E-state index in [-0.39, 0.29) is 27.4 Å². The van der Waals surface area contributed by atoms with Crippen LogP contribution >= 0.6 is 11.8 Å². The summed E-state index contributed by atoms with van der Waals surface area (Å²) >= 11 is 1.61. The zero-order chi connectivity index (χ0) is 24.2. The first-order valence-electron chi connectivity index (χ1n) is 10.1. The number of rotatable bonds is 10. The van der Waals surface area contributed by atoms with Gasteiger partial charge in [0.25, 0.3) is 5.69 Å². The number of thioether (sulfide) groups is 1. The van der Waals surface area contributed by atoms with Gasteiger partial charge in [-0.3, -0.25) is 10.1 Å². The molecule has 32 heavy (non-hydrogen) atoms. The number of hydrogen-bond donors (Lipinski definition) is 2. The quantitative estimate of drug-likeness (QED) is 0.208. The van der Waals surface area contributed by atoms with Crippen molar-refractivity contribution in [3.63, 3.8) is 0 Å². The number of benzene rings is 2. The van der Waals surface area contributed by atoms with Gasteiger partial charge in [0.1, 0.15) is 5.69 Å². The van der Waals surface area contributed by atoms with E-state index in [0.717, 1.165) is 11.0 Å². The molecule has 2 aromatic rings. The van der Waals surface area contributed by atoms with E-state index in [4.69, 9.17) is 9.56 Å². The molecule has 0 amide bonds. The second-order valence-corrected chi connectivity index (χ2v) is 16.5. The molecule has 11 heteroatoms. The van der Waals surface area contributed by atoms with E-state index in [1.807, 2.05) is 30.3 Å². The standard InChI is InChI=1S/C21H31N3O5S2Si/c1-21(2,3)32(4,5)29-14-16(15-30-17-9-7-6-8-10-17)23-19-12-11-18(31(22,27)28)13-20(19)24(25)26/h6-13,16,23H,14-15H2,1-5H3,(H2,22,27,28)/t16-/m1/s1. The lowest BCUT2D eigenvalue weighted by Crippen LogP contribution is -2.44. The van der Waals surface area contributed by atoms with Gasteiger partial charge in [-0.2, -0.15) is 0 Å². The highest BCUT2D eigenvalue weighted by atomic mass is 32.2. The Morgan fingerprint density at radius 2 is 1.81 bits per heavy atom. The van der Waals surface area contributed by atoms with Gasteiger partial charge in [-0.15, -0.1) is 11.8 Å². The molecule has 0 unspecified atom stereocenters. The summed E-state index contributed by atoms with van der Waals surface area (Å²) in [5.41, 5.74) is -0.126. The van der Waals surface area contributed by atoms with E-state index in [1.165, 1.54) is 12.1 Å². The minimum absolute atomic E-state index is 0.0211. The van der Waals surface area contributed by atoms with Crippen molar-refractivity contribution in [2.45, 2.75) is 54.7 Å². The van der Waals surface area contributed by atoms with E-state index in [0.29, 0.717) is 12.4 Å². The summed E-state index contributed by atoms with van der Waals surface area (Å²) < 4.78 is 29.6. The summed E-state index contributed by atoms with van der Waals surface area (Å²) in [6.45, 7) is 11.1. The average molecular weight is 498 g/mol. The molecule has 8 nitrogen and oxygen atoms in total. The van der Waals surface area contributed by atoms with Crippen molar-refractivity contribution in [1.82, 2.24) is 0 Å². The number of anilines is 1. The third-order valence-electron chi connectivity index (χ3n) is 5.50. The smallest absolute Gasteiger partial charge is 0.293 e. The number of nitrogens with two attached hydrogens (primary N) is 1. The lowest BCUT2D eigenvalue weighted by Gasteiger charge is -2.37. The molecule has 0 radical (unpaired) electrons. The van der Waals surface area contributed by atoms with Crippen molar-refractivity contribution in [2.75, 3.05) is 17.7 Å². The Morgan fingerprint density at radius 3 is 2.34 bits per heavy atom. The molecule has 0 saturated carbocycles. The van der Waals surface area contributed by atoms with Gasteiger partial charge < -0.3 is 9.74 Å². The van der Waals surface area contributed by atoms with Gasteiger partial charge in [-0.1, -0.05) is 39.0 Å².